The molecular formula is C10H17N3O. The molecule has 4 nitrogen and oxygen atoms in total. The largest absolute Gasteiger partial charge is 0.328 e. The Balaban J connectivity index is 2.32. The topological polar surface area (TPSA) is 60.9 Å². The molecule has 14 heavy (non-hydrogen) atoms. The zero-order valence-electron chi connectivity index (χ0n) is 8.52. The number of nitrogens with zero attached hydrogens (tertiary/aromatic N) is 2. The van der Waals surface area contributed by atoms with E-state index in [0.717, 1.165) is 19.3 Å². The zero-order valence-corrected chi connectivity index (χ0v) is 8.52. The summed E-state index contributed by atoms with van der Waals surface area (Å²) < 4.78 is 1.49. The van der Waals surface area contributed by atoms with Crippen LogP contribution in [0.2, 0.25) is 0 Å². The first-order chi connectivity index (χ1) is 6.70. The van der Waals surface area contributed by atoms with Crippen molar-refractivity contribution in [1.82, 2.24) is 9.78 Å². The van der Waals surface area contributed by atoms with E-state index in [1.807, 2.05) is 6.92 Å². The van der Waals surface area contributed by atoms with Gasteiger partial charge in [0.1, 0.15) is 0 Å². The summed E-state index contributed by atoms with van der Waals surface area (Å²) in [6.07, 6.45) is 4.63. The molecule has 0 aliphatic rings. The van der Waals surface area contributed by atoms with Crippen molar-refractivity contribution in [3.05, 3.63) is 28.7 Å². The molecule has 0 bridgehead atoms. The monoisotopic (exact) mass is 195 g/mol. The van der Waals surface area contributed by atoms with Crippen LogP contribution in [0.4, 0.5) is 0 Å². The zero-order chi connectivity index (χ0) is 10.4. The third kappa shape index (κ3) is 3.70. The minimum atomic E-state index is -0.0340. The van der Waals surface area contributed by atoms with Gasteiger partial charge < -0.3 is 5.73 Å². The van der Waals surface area contributed by atoms with Crippen LogP contribution >= 0.6 is 0 Å². The molecule has 1 heterocycles. The number of nitrogens with two attached hydrogens (primary N) is 1. The smallest absolute Gasteiger partial charge is 0.266 e. The number of hydrogen-bond donors (Lipinski definition) is 1. The van der Waals surface area contributed by atoms with Crippen LogP contribution in [0.25, 0.3) is 0 Å². The summed E-state index contributed by atoms with van der Waals surface area (Å²) in [4.78, 5) is 11.2. The Kier molecular flexibility index (Phi) is 4.32. The average molecular weight is 195 g/mol. The van der Waals surface area contributed by atoms with Crippen LogP contribution in [0.15, 0.2) is 23.1 Å². The normalized spacial score (nSPS) is 12.7. The highest BCUT2D eigenvalue weighted by Crippen LogP contribution is 1.98. The third-order valence-electron chi connectivity index (χ3n) is 2.06. The van der Waals surface area contributed by atoms with Gasteiger partial charge in [-0.15, -0.1) is 0 Å². The fourth-order valence-corrected chi connectivity index (χ4v) is 1.28. The van der Waals surface area contributed by atoms with Crippen LogP contribution in [-0.2, 0) is 6.54 Å². The van der Waals surface area contributed by atoms with Gasteiger partial charge in [0.25, 0.3) is 5.56 Å². The van der Waals surface area contributed by atoms with E-state index in [2.05, 4.69) is 5.10 Å². The number of aromatic nitrogens is 2. The van der Waals surface area contributed by atoms with Crippen LogP contribution in [0.3, 0.4) is 0 Å². The van der Waals surface area contributed by atoms with E-state index >= 15 is 0 Å². The van der Waals surface area contributed by atoms with Gasteiger partial charge in [-0.25, -0.2) is 4.68 Å². The molecule has 2 N–H and O–H groups in total. The number of aryl methyl sites for hydroxylation is 1. The highest BCUT2D eigenvalue weighted by molar-refractivity contribution is 4.84. The Bertz CT molecular complexity index is 319. The van der Waals surface area contributed by atoms with Crippen molar-refractivity contribution in [3.8, 4) is 0 Å². The minimum absolute atomic E-state index is 0.0340. The van der Waals surface area contributed by atoms with E-state index in [9.17, 15) is 4.79 Å². The lowest BCUT2D eigenvalue weighted by Crippen LogP contribution is -2.21. The summed E-state index contributed by atoms with van der Waals surface area (Å²) in [5, 5.41) is 3.97. The van der Waals surface area contributed by atoms with Gasteiger partial charge in [0.05, 0.1) is 0 Å². The van der Waals surface area contributed by atoms with Crippen LogP contribution in [0.5, 0.6) is 0 Å². The van der Waals surface area contributed by atoms with E-state index in [4.69, 9.17) is 5.73 Å². The van der Waals surface area contributed by atoms with Gasteiger partial charge in [0.2, 0.25) is 0 Å². The summed E-state index contributed by atoms with van der Waals surface area (Å²) in [5.41, 5.74) is 5.58. The number of unbranched alkanes of at least 4 members (excludes halogenated alkanes) is 1. The highest BCUT2D eigenvalue weighted by Gasteiger charge is 1.97. The quantitative estimate of drug-likeness (QED) is 0.706. The van der Waals surface area contributed by atoms with Crippen molar-refractivity contribution in [2.45, 2.75) is 38.8 Å². The molecule has 1 unspecified atom stereocenters. The lowest BCUT2D eigenvalue weighted by molar-refractivity contribution is 0.504. The predicted molar refractivity (Wildman–Crippen MR) is 56.0 cm³/mol. The van der Waals surface area contributed by atoms with Crippen molar-refractivity contribution in [2.75, 3.05) is 0 Å². The number of rotatable bonds is 5. The molecule has 0 radical (unpaired) electrons. The van der Waals surface area contributed by atoms with Crippen molar-refractivity contribution < 1.29 is 0 Å². The van der Waals surface area contributed by atoms with Crippen LogP contribution in [0, 0.1) is 0 Å². The van der Waals surface area contributed by atoms with Crippen molar-refractivity contribution in [1.29, 1.82) is 0 Å². The van der Waals surface area contributed by atoms with Crippen molar-refractivity contribution in [3.63, 3.8) is 0 Å². The molecule has 1 rings (SSSR count). The van der Waals surface area contributed by atoms with Gasteiger partial charge in [0.15, 0.2) is 0 Å². The van der Waals surface area contributed by atoms with Gasteiger partial charge in [-0.2, -0.15) is 5.10 Å². The highest BCUT2D eigenvalue weighted by atomic mass is 16.1. The van der Waals surface area contributed by atoms with E-state index < -0.39 is 0 Å². The summed E-state index contributed by atoms with van der Waals surface area (Å²) >= 11 is 0. The Morgan fingerprint density at radius 3 is 3.00 bits per heavy atom. The Labute approximate surface area is 83.7 Å². The van der Waals surface area contributed by atoms with Crippen molar-refractivity contribution >= 4 is 0 Å². The SMILES string of the molecule is CC(N)CCCCn1ncccc1=O. The summed E-state index contributed by atoms with van der Waals surface area (Å²) in [6, 6.07) is 3.43. The molecule has 0 aliphatic carbocycles. The van der Waals surface area contributed by atoms with Crippen LogP contribution in [0.1, 0.15) is 26.2 Å². The molecule has 0 aromatic carbocycles. The standard InChI is InChI=1S/C10H17N3O/c1-9(11)5-2-3-8-13-10(14)6-4-7-12-13/h4,6-7,9H,2-3,5,8,11H2,1H3. The Hall–Kier alpha value is -1.16. The minimum Gasteiger partial charge on any atom is -0.328 e. The molecule has 0 fully saturated rings. The van der Waals surface area contributed by atoms with E-state index in [1.54, 1.807) is 12.3 Å². The second-order valence-corrected chi connectivity index (χ2v) is 3.56. The maximum Gasteiger partial charge on any atom is 0.266 e. The second kappa shape index (κ2) is 5.54. The van der Waals surface area contributed by atoms with Gasteiger partial charge in [-0.05, 0) is 25.8 Å². The molecule has 0 spiro atoms. The summed E-state index contributed by atoms with van der Waals surface area (Å²) in [5.74, 6) is 0. The maximum atomic E-state index is 11.2. The molecule has 0 saturated heterocycles. The van der Waals surface area contributed by atoms with E-state index in [-0.39, 0.29) is 11.6 Å². The van der Waals surface area contributed by atoms with Gasteiger partial charge >= 0.3 is 0 Å². The fourth-order valence-electron chi connectivity index (χ4n) is 1.28. The average Bonchev–Trinajstić information content (AvgIpc) is 2.15. The number of hydrogen-bond acceptors (Lipinski definition) is 3. The van der Waals surface area contributed by atoms with Gasteiger partial charge in [0, 0.05) is 24.8 Å². The molecule has 0 amide bonds. The fraction of sp³-hybridized carbons (Fsp3) is 0.600. The molecule has 0 saturated carbocycles. The molecule has 78 valence electrons. The first kappa shape index (κ1) is 10.9. The molecule has 1 atom stereocenters. The molecule has 1 aromatic heterocycles. The lowest BCUT2D eigenvalue weighted by atomic mass is 10.1. The lowest BCUT2D eigenvalue weighted by Gasteiger charge is -2.05. The second-order valence-electron chi connectivity index (χ2n) is 3.56. The van der Waals surface area contributed by atoms with Crippen LogP contribution < -0.4 is 11.3 Å². The molecule has 0 aliphatic heterocycles. The molecule has 4 heteroatoms. The Morgan fingerprint density at radius 1 is 1.57 bits per heavy atom. The summed E-state index contributed by atoms with van der Waals surface area (Å²) in [6.45, 7) is 2.68. The van der Waals surface area contributed by atoms with Crippen LogP contribution in [-0.4, -0.2) is 15.8 Å². The predicted octanol–water partition coefficient (Wildman–Crippen LogP) is 0.761. The van der Waals surface area contributed by atoms with Gasteiger partial charge in [-0.1, -0.05) is 6.42 Å². The molecular weight excluding hydrogens is 178 g/mol. The van der Waals surface area contributed by atoms with Crippen molar-refractivity contribution in [2.24, 2.45) is 5.73 Å². The Morgan fingerprint density at radius 2 is 2.36 bits per heavy atom. The van der Waals surface area contributed by atoms with E-state index in [0.29, 0.717) is 6.54 Å². The first-order valence-corrected chi connectivity index (χ1v) is 4.98. The van der Waals surface area contributed by atoms with E-state index in [1.165, 1.54) is 10.7 Å². The van der Waals surface area contributed by atoms with Gasteiger partial charge in [-0.3, -0.25) is 4.79 Å². The maximum absolute atomic E-state index is 11.2. The third-order valence-corrected chi connectivity index (χ3v) is 2.06. The summed E-state index contributed by atoms with van der Waals surface area (Å²) in [7, 11) is 0. The molecule has 1 aromatic rings. The first-order valence-electron chi connectivity index (χ1n) is 4.98.